The van der Waals surface area contributed by atoms with Gasteiger partial charge in [-0.25, -0.2) is 19.0 Å². The van der Waals surface area contributed by atoms with Gasteiger partial charge < -0.3 is 0 Å². The number of halogens is 4. The van der Waals surface area contributed by atoms with Gasteiger partial charge in [0.25, 0.3) is 5.91 Å². The van der Waals surface area contributed by atoms with Crippen LogP contribution < -0.4 is 5.32 Å². The maximum Gasteiger partial charge on any atom is 0.417 e. The van der Waals surface area contributed by atoms with Crippen LogP contribution in [0.3, 0.4) is 0 Å². The summed E-state index contributed by atoms with van der Waals surface area (Å²) < 4.78 is 52.5. The van der Waals surface area contributed by atoms with Crippen LogP contribution in [0.15, 0.2) is 55.0 Å². The molecule has 0 unspecified atom stereocenters. The largest absolute Gasteiger partial charge is 0.417 e. The zero-order valence-electron chi connectivity index (χ0n) is 16.5. The number of hydrogen-bond acceptors (Lipinski definition) is 5. The van der Waals surface area contributed by atoms with Crippen molar-refractivity contribution in [3.8, 4) is 5.82 Å². The maximum absolute atomic E-state index is 13.0. The van der Waals surface area contributed by atoms with E-state index >= 15 is 0 Å². The van der Waals surface area contributed by atoms with Gasteiger partial charge in [-0.05, 0) is 36.8 Å². The standard InChI is InChI=1S/C21H15F4N5OS/c1-12-17(11-28-30(12)18-7-4-14(9-26-18)21(23,24)25)19(31)29-20-27-10-16(32-20)8-13-2-5-15(22)6-3-13/h2-7,9-11H,8H2,1H3,(H,27,29,31). The van der Waals surface area contributed by atoms with E-state index in [0.717, 1.165) is 16.5 Å². The first kappa shape index (κ1) is 21.6. The molecule has 0 saturated carbocycles. The number of rotatable bonds is 5. The highest BCUT2D eigenvalue weighted by molar-refractivity contribution is 7.15. The summed E-state index contributed by atoms with van der Waals surface area (Å²) in [7, 11) is 0. The number of carbonyl (C=O) groups excluding carboxylic acids is 1. The van der Waals surface area contributed by atoms with Gasteiger partial charge in [0.1, 0.15) is 5.82 Å². The van der Waals surface area contributed by atoms with Crippen molar-refractivity contribution in [1.82, 2.24) is 19.7 Å². The number of pyridine rings is 1. The zero-order chi connectivity index (χ0) is 22.9. The van der Waals surface area contributed by atoms with Crippen LogP contribution >= 0.6 is 11.3 Å². The van der Waals surface area contributed by atoms with E-state index in [1.807, 2.05) is 0 Å². The second kappa shape index (κ2) is 8.50. The van der Waals surface area contributed by atoms with Gasteiger partial charge in [-0.1, -0.05) is 12.1 Å². The summed E-state index contributed by atoms with van der Waals surface area (Å²) in [5.74, 6) is -0.609. The summed E-state index contributed by atoms with van der Waals surface area (Å²) in [4.78, 5) is 21.5. The zero-order valence-corrected chi connectivity index (χ0v) is 17.3. The first-order valence-electron chi connectivity index (χ1n) is 9.29. The molecular formula is C21H15F4N5OS. The lowest BCUT2D eigenvalue weighted by atomic mass is 10.1. The van der Waals surface area contributed by atoms with Crippen molar-refractivity contribution in [2.24, 2.45) is 0 Å². The molecule has 1 amide bonds. The predicted molar refractivity (Wildman–Crippen MR) is 110 cm³/mol. The normalized spacial score (nSPS) is 11.5. The van der Waals surface area contributed by atoms with Crippen LogP contribution in [-0.4, -0.2) is 25.7 Å². The first-order chi connectivity index (χ1) is 15.2. The Morgan fingerprint density at radius 3 is 2.47 bits per heavy atom. The number of carbonyl (C=O) groups is 1. The summed E-state index contributed by atoms with van der Waals surface area (Å²) in [6, 6.07) is 8.21. The van der Waals surface area contributed by atoms with Crippen molar-refractivity contribution in [1.29, 1.82) is 0 Å². The Balaban J connectivity index is 1.46. The van der Waals surface area contributed by atoms with Gasteiger partial charge >= 0.3 is 6.18 Å². The third-order valence-electron chi connectivity index (χ3n) is 4.61. The number of anilines is 1. The minimum absolute atomic E-state index is 0.158. The molecule has 4 rings (SSSR count). The Kier molecular flexibility index (Phi) is 5.74. The molecular weight excluding hydrogens is 446 g/mol. The molecule has 0 radical (unpaired) electrons. The molecule has 3 heterocycles. The molecule has 164 valence electrons. The van der Waals surface area contributed by atoms with Crippen LogP contribution in [0.2, 0.25) is 0 Å². The molecule has 4 aromatic rings. The molecule has 3 aromatic heterocycles. The molecule has 1 aromatic carbocycles. The summed E-state index contributed by atoms with van der Waals surface area (Å²) in [6.45, 7) is 1.61. The fraction of sp³-hybridized carbons (Fsp3) is 0.143. The van der Waals surface area contributed by atoms with Crippen molar-refractivity contribution in [3.05, 3.63) is 88.1 Å². The molecule has 0 aliphatic rings. The molecule has 1 N–H and O–H groups in total. The highest BCUT2D eigenvalue weighted by atomic mass is 32.1. The molecule has 11 heteroatoms. The van der Waals surface area contributed by atoms with E-state index in [-0.39, 0.29) is 17.2 Å². The molecule has 0 bridgehead atoms. The van der Waals surface area contributed by atoms with E-state index in [4.69, 9.17) is 0 Å². The van der Waals surface area contributed by atoms with Crippen LogP contribution in [0.25, 0.3) is 5.82 Å². The lowest BCUT2D eigenvalue weighted by Gasteiger charge is -2.08. The Morgan fingerprint density at radius 2 is 1.81 bits per heavy atom. The number of aromatic nitrogens is 4. The maximum atomic E-state index is 13.0. The van der Waals surface area contributed by atoms with Crippen molar-refractivity contribution in [2.45, 2.75) is 19.5 Å². The number of amides is 1. The number of thiazole rings is 1. The van der Waals surface area contributed by atoms with E-state index in [1.165, 1.54) is 40.4 Å². The predicted octanol–water partition coefficient (Wildman–Crippen LogP) is 5.03. The van der Waals surface area contributed by atoms with Crippen LogP contribution in [0.5, 0.6) is 0 Å². The molecule has 6 nitrogen and oxygen atoms in total. The third-order valence-corrected chi connectivity index (χ3v) is 5.53. The third kappa shape index (κ3) is 4.67. The van der Waals surface area contributed by atoms with Crippen molar-refractivity contribution < 1.29 is 22.4 Å². The number of alkyl halides is 3. The van der Waals surface area contributed by atoms with Crippen LogP contribution in [0.4, 0.5) is 22.7 Å². The molecule has 0 spiro atoms. The van der Waals surface area contributed by atoms with E-state index in [0.29, 0.717) is 23.4 Å². The molecule has 0 aliphatic heterocycles. The van der Waals surface area contributed by atoms with Crippen LogP contribution in [0, 0.1) is 12.7 Å². The van der Waals surface area contributed by atoms with Gasteiger partial charge in [0, 0.05) is 23.7 Å². The summed E-state index contributed by atoms with van der Waals surface area (Å²) in [5.41, 5.74) is 0.693. The Hall–Kier alpha value is -3.60. The van der Waals surface area contributed by atoms with E-state index in [1.54, 1.807) is 25.3 Å². The first-order valence-corrected chi connectivity index (χ1v) is 10.1. The van der Waals surface area contributed by atoms with Crippen molar-refractivity contribution in [3.63, 3.8) is 0 Å². The van der Waals surface area contributed by atoms with Gasteiger partial charge in [-0.2, -0.15) is 18.3 Å². The van der Waals surface area contributed by atoms with Crippen LogP contribution in [0.1, 0.15) is 32.1 Å². The van der Waals surface area contributed by atoms with Crippen molar-refractivity contribution >= 4 is 22.4 Å². The van der Waals surface area contributed by atoms with Gasteiger partial charge in [0.2, 0.25) is 0 Å². The summed E-state index contributed by atoms with van der Waals surface area (Å²) in [6.07, 6.45) is -0.277. The van der Waals surface area contributed by atoms with E-state index < -0.39 is 17.6 Å². The topological polar surface area (TPSA) is 72.7 Å². The molecule has 0 fully saturated rings. The highest BCUT2D eigenvalue weighted by Crippen LogP contribution is 2.29. The molecule has 0 saturated heterocycles. The average molecular weight is 461 g/mol. The Labute approximate surface area is 183 Å². The minimum atomic E-state index is -4.49. The fourth-order valence-electron chi connectivity index (χ4n) is 2.96. The van der Waals surface area contributed by atoms with Gasteiger partial charge in [-0.3, -0.25) is 10.1 Å². The number of hydrogen-bond donors (Lipinski definition) is 1. The average Bonchev–Trinajstić information content (AvgIpc) is 3.35. The smallest absolute Gasteiger partial charge is 0.298 e. The van der Waals surface area contributed by atoms with E-state index in [9.17, 15) is 22.4 Å². The lowest BCUT2D eigenvalue weighted by Crippen LogP contribution is -2.13. The monoisotopic (exact) mass is 461 g/mol. The number of benzene rings is 1. The fourth-order valence-corrected chi connectivity index (χ4v) is 3.80. The van der Waals surface area contributed by atoms with Crippen molar-refractivity contribution in [2.75, 3.05) is 5.32 Å². The molecule has 0 atom stereocenters. The second-order valence-electron chi connectivity index (χ2n) is 6.85. The minimum Gasteiger partial charge on any atom is -0.298 e. The Bertz CT molecular complexity index is 1250. The van der Waals surface area contributed by atoms with Gasteiger partial charge in [0.15, 0.2) is 10.9 Å². The Morgan fingerprint density at radius 1 is 1.06 bits per heavy atom. The quantitative estimate of drug-likeness (QED) is 0.423. The lowest BCUT2D eigenvalue weighted by molar-refractivity contribution is -0.137. The van der Waals surface area contributed by atoms with Crippen LogP contribution in [-0.2, 0) is 12.6 Å². The van der Waals surface area contributed by atoms with Gasteiger partial charge in [0.05, 0.1) is 23.0 Å². The SMILES string of the molecule is Cc1c(C(=O)Nc2ncc(Cc3ccc(F)cc3)s2)cnn1-c1ccc(C(F)(F)F)cn1. The summed E-state index contributed by atoms with van der Waals surface area (Å²) >= 11 is 1.28. The number of nitrogens with zero attached hydrogens (tertiary/aromatic N) is 4. The number of nitrogens with one attached hydrogen (secondary N) is 1. The molecule has 32 heavy (non-hydrogen) atoms. The van der Waals surface area contributed by atoms with E-state index in [2.05, 4.69) is 20.4 Å². The second-order valence-corrected chi connectivity index (χ2v) is 7.96. The van der Waals surface area contributed by atoms with Gasteiger partial charge in [-0.15, -0.1) is 11.3 Å². The molecule has 0 aliphatic carbocycles. The highest BCUT2D eigenvalue weighted by Gasteiger charge is 2.30. The summed E-state index contributed by atoms with van der Waals surface area (Å²) in [5, 5.41) is 7.15.